The molecule has 0 atom stereocenters. The van der Waals surface area contributed by atoms with Crippen LogP contribution < -0.4 is 15.2 Å². The molecule has 5 aromatic rings. The molecule has 0 radical (unpaired) electrons. The van der Waals surface area contributed by atoms with Crippen LogP contribution in [0.5, 0.6) is 11.5 Å². The summed E-state index contributed by atoms with van der Waals surface area (Å²) in [6, 6.07) is 24.5. The molecule has 0 unspecified atom stereocenters. The molecule has 5 heteroatoms. The van der Waals surface area contributed by atoms with Crippen LogP contribution in [-0.4, -0.2) is 15.8 Å². The van der Waals surface area contributed by atoms with E-state index in [9.17, 15) is 4.79 Å². The van der Waals surface area contributed by atoms with E-state index in [0.717, 1.165) is 38.9 Å². The van der Waals surface area contributed by atoms with Crippen molar-refractivity contribution in [2.75, 3.05) is 6.79 Å². The van der Waals surface area contributed by atoms with Gasteiger partial charge in [0.1, 0.15) is 0 Å². The van der Waals surface area contributed by atoms with Gasteiger partial charge in [-0.25, -0.2) is 4.79 Å². The summed E-state index contributed by atoms with van der Waals surface area (Å²) >= 11 is 0. The number of hydrogen-bond acceptors (Lipinski definition) is 3. The molecule has 3 aromatic carbocycles. The first kappa shape index (κ1) is 20.6. The lowest BCUT2D eigenvalue weighted by molar-refractivity contribution is 0.174. The molecule has 6 rings (SSSR count). The van der Waals surface area contributed by atoms with Gasteiger partial charge in [-0.1, -0.05) is 62.7 Å². The van der Waals surface area contributed by atoms with Gasteiger partial charge in [0.15, 0.2) is 11.5 Å². The van der Waals surface area contributed by atoms with E-state index in [0.29, 0.717) is 11.5 Å². The molecule has 170 valence electrons. The predicted octanol–water partition coefficient (Wildman–Crippen LogP) is 6.25. The van der Waals surface area contributed by atoms with E-state index in [4.69, 9.17) is 9.47 Å². The molecule has 0 amide bonds. The van der Waals surface area contributed by atoms with Crippen LogP contribution in [0.1, 0.15) is 31.9 Å². The second kappa shape index (κ2) is 7.26. The van der Waals surface area contributed by atoms with Gasteiger partial charge >= 0.3 is 5.69 Å². The lowest BCUT2D eigenvalue weighted by atomic mass is 9.86. The Hall–Kier alpha value is -3.99. The molecule has 0 saturated heterocycles. The maximum absolute atomic E-state index is 14.1. The Labute approximate surface area is 197 Å². The lowest BCUT2D eigenvalue weighted by Gasteiger charge is -2.20. The zero-order valence-electron chi connectivity index (χ0n) is 19.8. The van der Waals surface area contributed by atoms with Gasteiger partial charge < -0.3 is 9.47 Å². The molecule has 0 aliphatic carbocycles. The highest BCUT2D eigenvalue weighted by atomic mass is 16.7. The minimum absolute atomic E-state index is 0.0584. The highest BCUT2D eigenvalue weighted by molar-refractivity contribution is 5.91. The molecule has 5 nitrogen and oxygen atoms in total. The lowest BCUT2D eigenvalue weighted by Crippen LogP contribution is -2.26. The molecule has 1 aliphatic rings. The van der Waals surface area contributed by atoms with Crippen LogP contribution in [0.15, 0.2) is 77.6 Å². The molecule has 3 heterocycles. The molecular formula is C29H26N2O3. The highest BCUT2D eigenvalue weighted by Crippen LogP contribution is 2.37. The molecule has 34 heavy (non-hydrogen) atoms. The van der Waals surface area contributed by atoms with Gasteiger partial charge in [0.2, 0.25) is 6.79 Å². The van der Waals surface area contributed by atoms with E-state index in [-0.39, 0.29) is 17.9 Å². The van der Waals surface area contributed by atoms with E-state index in [2.05, 4.69) is 51.1 Å². The number of aryl methyl sites for hydroxylation is 1. The Kier molecular flexibility index (Phi) is 4.40. The molecular weight excluding hydrogens is 424 g/mol. The Morgan fingerprint density at radius 1 is 0.824 bits per heavy atom. The summed E-state index contributed by atoms with van der Waals surface area (Å²) in [6.45, 7) is 8.85. The number of ether oxygens (including phenoxy) is 2. The average Bonchev–Trinajstić information content (AvgIpc) is 3.41. The van der Waals surface area contributed by atoms with Gasteiger partial charge in [-0.2, -0.15) is 0 Å². The van der Waals surface area contributed by atoms with E-state index in [1.165, 1.54) is 5.56 Å². The summed E-state index contributed by atoms with van der Waals surface area (Å²) < 4.78 is 14.7. The zero-order valence-corrected chi connectivity index (χ0v) is 19.8. The molecule has 0 fully saturated rings. The van der Waals surface area contributed by atoms with Crippen molar-refractivity contribution in [1.82, 2.24) is 8.97 Å². The van der Waals surface area contributed by atoms with Gasteiger partial charge in [0, 0.05) is 11.5 Å². The summed E-state index contributed by atoms with van der Waals surface area (Å²) in [5.41, 5.74) is 6.65. The van der Waals surface area contributed by atoms with E-state index in [1.54, 1.807) is 8.97 Å². The van der Waals surface area contributed by atoms with Gasteiger partial charge in [-0.15, -0.1) is 0 Å². The number of benzene rings is 3. The monoisotopic (exact) mass is 450 g/mol. The molecule has 0 N–H and O–H groups in total. The fraction of sp³-hybridized carbons (Fsp3) is 0.207. The first-order valence-electron chi connectivity index (χ1n) is 11.5. The first-order chi connectivity index (χ1) is 16.3. The van der Waals surface area contributed by atoms with Crippen LogP contribution >= 0.6 is 0 Å². The van der Waals surface area contributed by atoms with Crippen LogP contribution in [0.3, 0.4) is 0 Å². The fourth-order valence-electron chi connectivity index (χ4n) is 4.64. The van der Waals surface area contributed by atoms with Crippen molar-refractivity contribution in [2.45, 2.75) is 33.1 Å². The molecule has 1 aliphatic heterocycles. The fourth-order valence-corrected chi connectivity index (χ4v) is 4.64. The Balaban J connectivity index is 1.66. The molecule has 0 spiro atoms. The maximum Gasteiger partial charge on any atom is 0.338 e. The van der Waals surface area contributed by atoms with Gasteiger partial charge in [-0.05, 0) is 53.8 Å². The third-order valence-corrected chi connectivity index (χ3v) is 6.57. The largest absolute Gasteiger partial charge is 0.454 e. The van der Waals surface area contributed by atoms with Crippen LogP contribution in [0.2, 0.25) is 0 Å². The van der Waals surface area contributed by atoms with Crippen molar-refractivity contribution in [2.24, 2.45) is 0 Å². The van der Waals surface area contributed by atoms with Gasteiger partial charge in [0.05, 0.1) is 22.4 Å². The summed E-state index contributed by atoms with van der Waals surface area (Å²) in [5, 5.41) is 0.942. The number of hydrogen-bond donors (Lipinski definition) is 0. The topological polar surface area (TPSA) is 44.9 Å². The molecule has 0 saturated carbocycles. The summed E-state index contributed by atoms with van der Waals surface area (Å²) in [5.74, 6) is 1.37. The van der Waals surface area contributed by atoms with Crippen molar-refractivity contribution in [3.8, 4) is 28.4 Å². The third-order valence-electron chi connectivity index (χ3n) is 6.57. The Morgan fingerprint density at radius 2 is 1.50 bits per heavy atom. The van der Waals surface area contributed by atoms with Crippen molar-refractivity contribution in [1.29, 1.82) is 0 Å². The van der Waals surface area contributed by atoms with E-state index >= 15 is 0 Å². The zero-order chi connectivity index (χ0) is 23.6. The van der Waals surface area contributed by atoms with Crippen molar-refractivity contribution >= 4 is 16.4 Å². The minimum atomic E-state index is -0.120. The van der Waals surface area contributed by atoms with Gasteiger partial charge in [-0.3, -0.25) is 8.97 Å². The van der Waals surface area contributed by atoms with Crippen LogP contribution in [0, 0.1) is 6.92 Å². The normalized spacial score (nSPS) is 13.2. The van der Waals surface area contributed by atoms with Crippen LogP contribution in [-0.2, 0) is 5.41 Å². The predicted molar refractivity (Wildman–Crippen MR) is 135 cm³/mol. The number of rotatable bonds is 2. The smallest absolute Gasteiger partial charge is 0.338 e. The number of fused-ring (bicyclic) bond motifs is 4. The molecule has 2 aromatic heterocycles. The van der Waals surface area contributed by atoms with Crippen LogP contribution in [0.25, 0.3) is 33.4 Å². The van der Waals surface area contributed by atoms with Crippen molar-refractivity contribution in [3.05, 3.63) is 94.4 Å². The number of aromatic nitrogens is 2. The maximum atomic E-state index is 14.1. The van der Waals surface area contributed by atoms with Crippen molar-refractivity contribution in [3.63, 3.8) is 0 Å². The van der Waals surface area contributed by atoms with Crippen LogP contribution in [0.4, 0.5) is 0 Å². The second-order valence-electron chi connectivity index (χ2n) is 9.98. The Morgan fingerprint density at radius 3 is 2.18 bits per heavy atom. The third kappa shape index (κ3) is 3.19. The van der Waals surface area contributed by atoms with Gasteiger partial charge in [0.25, 0.3) is 0 Å². The standard InChI is InChI=1S/C29H26N2O3/c1-18-5-11-22(12-6-18)30-24(19-7-9-21(10-8-19)29(2,3)4)15-23-13-20-14-26-27(34-17-33-26)16-25(20)31(23)28(30)32/h5-16H,17H2,1-4H3. The minimum Gasteiger partial charge on any atom is -0.454 e. The summed E-state index contributed by atoms with van der Waals surface area (Å²) in [7, 11) is 0. The highest BCUT2D eigenvalue weighted by Gasteiger charge is 2.20. The quantitative estimate of drug-likeness (QED) is 0.320. The summed E-state index contributed by atoms with van der Waals surface area (Å²) in [4.78, 5) is 14.1. The number of nitrogens with zero attached hydrogens (tertiary/aromatic N) is 2. The Bertz CT molecular complexity index is 1620. The summed E-state index contributed by atoms with van der Waals surface area (Å²) in [6.07, 6.45) is 0. The first-order valence-corrected chi connectivity index (χ1v) is 11.5. The van der Waals surface area contributed by atoms with E-state index < -0.39 is 0 Å². The van der Waals surface area contributed by atoms with E-state index in [1.807, 2.05) is 49.4 Å². The second-order valence-corrected chi connectivity index (χ2v) is 9.98. The SMILES string of the molecule is Cc1ccc(-n2c(-c3ccc(C(C)(C)C)cc3)cc3cc4cc5c(cc4n3c2=O)OCO5)cc1. The average molecular weight is 451 g/mol. The van der Waals surface area contributed by atoms with Crippen molar-refractivity contribution < 1.29 is 9.47 Å². The molecule has 0 bridgehead atoms.